The summed E-state index contributed by atoms with van der Waals surface area (Å²) in [5.41, 5.74) is 12.8. The Morgan fingerprint density at radius 1 is 0.818 bits per heavy atom. The molecule has 1 heteroatoms. The monoisotopic (exact) mass is 295 g/mol. The Kier molecular flexibility index (Phi) is 5.28. The molecular weight excluding hydrogens is 266 g/mol. The van der Waals surface area contributed by atoms with Gasteiger partial charge >= 0.3 is 0 Å². The smallest absolute Gasteiger partial charge is 0.0384 e. The van der Waals surface area contributed by atoms with E-state index in [1.807, 2.05) is 0 Å². The van der Waals surface area contributed by atoms with Gasteiger partial charge in [-0.1, -0.05) is 77.1 Å². The Hall–Kier alpha value is -1.76. The summed E-state index contributed by atoms with van der Waals surface area (Å²) in [6.45, 7) is 11.2. The van der Waals surface area contributed by atoms with Crippen molar-refractivity contribution in [1.82, 2.24) is 0 Å². The van der Waals surface area contributed by atoms with Gasteiger partial charge in [-0.3, -0.25) is 0 Å². The van der Waals surface area contributed by atoms with Gasteiger partial charge in [-0.05, 0) is 46.4 Å². The van der Waals surface area contributed by atoms with Crippen molar-refractivity contribution < 1.29 is 0 Å². The van der Waals surface area contributed by atoms with Crippen LogP contribution in [0.2, 0.25) is 0 Å². The first-order valence-electron chi connectivity index (χ1n) is 8.37. The van der Waals surface area contributed by atoms with Crippen molar-refractivity contribution in [3.05, 3.63) is 64.7 Å². The third kappa shape index (κ3) is 3.71. The van der Waals surface area contributed by atoms with E-state index in [1.165, 1.54) is 22.3 Å². The van der Waals surface area contributed by atoms with Crippen LogP contribution in [0.3, 0.4) is 0 Å². The molecule has 0 aliphatic heterocycles. The lowest BCUT2D eigenvalue weighted by molar-refractivity contribution is 0.746. The van der Waals surface area contributed by atoms with Gasteiger partial charge in [0, 0.05) is 5.69 Å². The van der Waals surface area contributed by atoms with Crippen LogP contribution >= 0.6 is 0 Å². The van der Waals surface area contributed by atoms with Crippen molar-refractivity contribution in [1.29, 1.82) is 0 Å². The Balaban J connectivity index is 2.37. The number of hydrogen-bond donors (Lipinski definition) is 1. The lowest BCUT2D eigenvalue weighted by Crippen LogP contribution is -2.07. The first-order valence-corrected chi connectivity index (χ1v) is 8.37. The molecule has 118 valence electrons. The van der Waals surface area contributed by atoms with Crippen molar-refractivity contribution in [2.45, 2.75) is 58.8 Å². The first-order chi connectivity index (χ1) is 10.4. The Bertz CT molecular complexity index is 582. The molecule has 0 heterocycles. The molecule has 0 fully saturated rings. The fraction of sp³-hybridized carbons (Fsp3) is 0.429. The van der Waals surface area contributed by atoms with Gasteiger partial charge < -0.3 is 5.73 Å². The lowest BCUT2D eigenvalue weighted by Gasteiger charge is -2.21. The molecule has 22 heavy (non-hydrogen) atoms. The predicted octanol–water partition coefficient (Wildman–Crippen LogP) is 5.86. The third-order valence-corrected chi connectivity index (χ3v) is 4.46. The van der Waals surface area contributed by atoms with E-state index in [1.54, 1.807) is 0 Å². The topological polar surface area (TPSA) is 26.0 Å². The van der Waals surface area contributed by atoms with E-state index >= 15 is 0 Å². The van der Waals surface area contributed by atoms with E-state index in [9.17, 15) is 0 Å². The van der Waals surface area contributed by atoms with Crippen LogP contribution in [-0.4, -0.2) is 0 Å². The highest BCUT2D eigenvalue weighted by Gasteiger charge is 2.16. The minimum absolute atomic E-state index is 0.460. The van der Waals surface area contributed by atoms with Gasteiger partial charge in [0.15, 0.2) is 0 Å². The zero-order valence-electron chi connectivity index (χ0n) is 14.6. The van der Waals surface area contributed by atoms with Gasteiger partial charge in [0.25, 0.3) is 0 Å². The minimum atomic E-state index is 0.460. The van der Waals surface area contributed by atoms with Gasteiger partial charge in [0.1, 0.15) is 0 Å². The van der Waals surface area contributed by atoms with E-state index in [0.29, 0.717) is 17.8 Å². The summed E-state index contributed by atoms with van der Waals surface area (Å²) in [7, 11) is 0. The zero-order chi connectivity index (χ0) is 16.3. The maximum Gasteiger partial charge on any atom is 0.0384 e. The highest BCUT2D eigenvalue weighted by atomic mass is 14.6. The van der Waals surface area contributed by atoms with Crippen LogP contribution in [0, 0.1) is 0 Å². The molecule has 0 saturated heterocycles. The van der Waals surface area contributed by atoms with E-state index in [2.05, 4.69) is 77.1 Å². The number of rotatable bonds is 5. The average Bonchev–Trinajstić information content (AvgIpc) is 2.47. The van der Waals surface area contributed by atoms with E-state index in [0.717, 1.165) is 12.1 Å². The zero-order valence-corrected chi connectivity index (χ0v) is 14.6. The summed E-state index contributed by atoms with van der Waals surface area (Å²) >= 11 is 0. The molecule has 2 aromatic rings. The van der Waals surface area contributed by atoms with Crippen molar-refractivity contribution in [3.63, 3.8) is 0 Å². The van der Waals surface area contributed by atoms with Crippen LogP contribution in [0.15, 0.2) is 42.5 Å². The standard InChI is InChI=1S/C21H29N/c1-14(2)19-12-18(13-20(15(3)4)21(19)22)16(5)11-17-9-7-6-8-10-17/h6-10,12-16H,11,22H2,1-5H3. The normalized spacial score (nSPS) is 12.9. The molecule has 0 aliphatic carbocycles. The second kappa shape index (κ2) is 7.00. The number of hydrogen-bond acceptors (Lipinski definition) is 1. The predicted molar refractivity (Wildman–Crippen MR) is 97.6 cm³/mol. The summed E-state index contributed by atoms with van der Waals surface area (Å²) in [5, 5.41) is 0. The van der Waals surface area contributed by atoms with Gasteiger partial charge in [-0.15, -0.1) is 0 Å². The molecule has 1 unspecified atom stereocenters. The van der Waals surface area contributed by atoms with Crippen LogP contribution < -0.4 is 5.73 Å². The highest BCUT2D eigenvalue weighted by molar-refractivity contribution is 5.58. The van der Waals surface area contributed by atoms with Crippen LogP contribution in [-0.2, 0) is 6.42 Å². The van der Waals surface area contributed by atoms with Crippen LogP contribution in [0.1, 0.15) is 74.6 Å². The maximum atomic E-state index is 6.41. The van der Waals surface area contributed by atoms with Gasteiger partial charge in [0.2, 0.25) is 0 Å². The van der Waals surface area contributed by atoms with Crippen molar-refractivity contribution in [2.24, 2.45) is 0 Å². The van der Waals surface area contributed by atoms with Crippen LogP contribution in [0.25, 0.3) is 0 Å². The summed E-state index contributed by atoms with van der Waals surface area (Å²) in [6, 6.07) is 15.4. The van der Waals surface area contributed by atoms with E-state index < -0.39 is 0 Å². The second-order valence-electron chi connectivity index (χ2n) is 7.01. The molecule has 2 N–H and O–H groups in total. The molecule has 0 aromatic heterocycles. The van der Waals surface area contributed by atoms with E-state index in [4.69, 9.17) is 5.73 Å². The third-order valence-electron chi connectivity index (χ3n) is 4.46. The number of nitrogens with two attached hydrogens (primary N) is 1. The van der Waals surface area contributed by atoms with Gasteiger partial charge in [-0.25, -0.2) is 0 Å². The second-order valence-corrected chi connectivity index (χ2v) is 7.01. The lowest BCUT2D eigenvalue weighted by atomic mass is 9.85. The molecular formula is C21H29N. The molecule has 0 saturated carbocycles. The van der Waals surface area contributed by atoms with Crippen LogP contribution in [0.5, 0.6) is 0 Å². The van der Waals surface area contributed by atoms with Crippen molar-refractivity contribution in [2.75, 3.05) is 5.73 Å². The number of benzene rings is 2. The largest absolute Gasteiger partial charge is 0.398 e. The fourth-order valence-electron chi connectivity index (χ4n) is 3.05. The van der Waals surface area contributed by atoms with Crippen LogP contribution in [0.4, 0.5) is 5.69 Å². The molecule has 2 rings (SSSR count). The molecule has 0 bridgehead atoms. The molecule has 0 spiro atoms. The highest BCUT2D eigenvalue weighted by Crippen LogP contribution is 2.34. The molecule has 0 aliphatic rings. The minimum Gasteiger partial charge on any atom is -0.398 e. The van der Waals surface area contributed by atoms with Gasteiger partial charge in [0.05, 0.1) is 0 Å². The van der Waals surface area contributed by atoms with Gasteiger partial charge in [-0.2, -0.15) is 0 Å². The Morgan fingerprint density at radius 2 is 1.32 bits per heavy atom. The molecule has 1 nitrogen and oxygen atoms in total. The summed E-state index contributed by atoms with van der Waals surface area (Å²) in [5.74, 6) is 1.42. The SMILES string of the molecule is CC(C)c1cc(C(C)Cc2ccccc2)cc(C(C)C)c1N. The average molecular weight is 295 g/mol. The molecule has 0 amide bonds. The summed E-state index contributed by atoms with van der Waals surface area (Å²) in [4.78, 5) is 0. The first kappa shape index (κ1) is 16.6. The summed E-state index contributed by atoms with van der Waals surface area (Å²) < 4.78 is 0. The Morgan fingerprint density at radius 3 is 1.77 bits per heavy atom. The molecule has 1 atom stereocenters. The maximum absolute atomic E-state index is 6.41. The van der Waals surface area contributed by atoms with E-state index in [-0.39, 0.29) is 0 Å². The quantitative estimate of drug-likeness (QED) is 0.687. The number of anilines is 1. The fourth-order valence-corrected chi connectivity index (χ4v) is 3.05. The van der Waals surface area contributed by atoms with Crippen molar-refractivity contribution >= 4 is 5.69 Å². The summed E-state index contributed by atoms with van der Waals surface area (Å²) in [6.07, 6.45) is 1.07. The number of nitrogen functional groups attached to an aromatic ring is 1. The molecule has 2 aromatic carbocycles. The molecule has 0 radical (unpaired) electrons. The Labute approximate surface area is 135 Å². The van der Waals surface area contributed by atoms with Crippen molar-refractivity contribution in [3.8, 4) is 0 Å².